The van der Waals surface area contributed by atoms with Gasteiger partial charge in [0.2, 0.25) is 15.9 Å². The second-order valence-corrected chi connectivity index (χ2v) is 4.43. The van der Waals surface area contributed by atoms with Gasteiger partial charge in [-0.05, 0) is 6.07 Å². The van der Waals surface area contributed by atoms with Crippen molar-refractivity contribution in [3.63, 3.8) is 0 Å². The summed E-state index contributed by atoms with van der Waals surface area (Å²) in [5.41, 5.74) is 4.43. The largest absolute Gasteiger partial charge is 0.574 e. The maximum atomic E-state index is 12.1. The topological polar surface area (TPSA) is 132 Å². The molecule has 98 valence electrons. The number of nitrogens with zero attached hydrogens (tertiary/aromatic N) is 2. The zero-order valence-corrected chi connectivity index (χ0v) is 9.21. The second-order valence-electron chi connectivity index (χ2n) is 2.93. The molecule has 1 heterocycles. The highest BCUT2D eigenvalue weighted by Gasteiger charge is 2.36. The molecular formula is C7H5F3N4O3S. The molecule has 0 saturated heterocycles. The Labute approximate surface area is 98.8 Å². The van der Waals surface area contributed by atoms with E-state index in [9.17, 15) is 21.6 Å². The highest BCUT2D eigenvalue weighted by molar-refractivity contribution is 7.89. The zero-order chi connectivity index (χ0) is 14.1. The molecule has 0 atom stereocenters. The van der Waals surface area contributed by atoms with Gasteiger partial charge in [-0.1, -0.05) is 0 Å². The molecule has 0 unspecified atom stereocenters. The molecule has 0 aliphatic carbocycles. The van der Waals surface area contributed by atoms with Gasteiger partial charge in [0.1, 0.15) is 11.9 Å². The molecule has 0 fully saturated rings. The predicted molar refractivity (Wildman–Crippen MR) is 51.4 cm³/mol. The van der Waals surface area contributed by atoms with E-state index in [2.05, 4.69) is 9.72 Å². The number of aromatic nitrogens is 1. The van der Waals surface area contributed by atoms with Crippen molar-refractivity contribution in [2.24, 2.45) is 5.14 Å². The fourth-order valence-corrected chi connectivity index (χ4v) is 1.81. The Morgan fingerprint density at radius 1 is 1.44 bits per heavy atom. The predicted octanol–water partition coefficient (Wildman–Crippen LogP) is 0.0815. The van der Waals surface area contributed by atoms with Gasteiger partial charge in [-0.3, -0.25) is 0 Å². The van der Waals surface area contributed by atoms with Crippen LogP contribution in [0.3, 0.4) is 0 Å². The fourth-order valence-electron chi connectivity index (χ4n) is 1.07. The normalized spacial score (nSPS) is 11.9. The number of rotatable bonds is 2. The first kappa shape index (κ1) is 14.0. The minimum atomic E-state index is -5.20. The van der Waals surface area contributed by atoms with Crippen LogP contribution in [0.25, 0.3) is 0 Å². The van der Waals surface area contributed by atoms with E-state index < -0.39 is 38.5 Å². The highest BCUT2D eigenvalue weighted by Crippen LogP contribution is 2.30. The van der Waals surface area contributed by atoms with Crippen molar-refractivity contribution >= 4 is 15.8 Å². The van der Waals surface area contributed by atoms with Gasteiger partial charge < -0.3 is 10.5 Å². The summed E-state index contributed by atoms with van der Waals surface area (Å²) < 4.78 is 61.8. The molecule has 11 heteroatoms. The molecule has 0 saturated carbocycles. The number of hydrogen-bond donors (Lipinski definition) is 2. The van der Waals surface area contributed by atoms with Crippen molar-refractivity contribution in [2.45, 2.75) is 11.3 Å². The standard InChI is InChI=1S/C7H5F3N4O3S/c8-7(9,10)17-6-5(18(13,15)16)3(2-11)1-4(12)14-6/h1H,(H2,12,14)(H2,13,15,16). The molecule has 18 heavy (non-hydrogen) atoms. The number of sulfonamides is 1. The summed E-state index contributed by atoms with van der Waals surface area (Å²) in [6.07, 6.45) is -5.20. The van der Waals surface area contributed by atoms with Crippen LogP contribution in [0.1, 0.15) is 5.56 Å². The van der Waals surface area contributed by atoms with Gasteiger partial charge >= 0.3 is 6.36 Å². The van der Waals surface area contributed by atoms with E-state index in [0.717, 1.165) is 6.07 Å². The van der Waals surface area contributed by atoms with E-state index in [1.54, 1.807) is 0 Å². The lowest BCUT2D eigenvalue weighted by atomic mass is 10.3. The number of anilines is 1. The van der Waals surface area contributed by atoms with Crippen molar-refractivity contribution < 1.29 is 26.3 Å². The van der Waals surface area contributed by atoms with Crippen LogP contribution in [0.5, 0.6) is 5.88 Å². The van der Waals surface area contributed by atoms with Crippen LogP contribution in [0.15, 0.2) is 11.0 Å². The lowest BCUT2D eigenvalue weighted by Gasteiger charge is -2.12. The van der Waals surface area contributed by atoms with Crippen molar-refractivity contribution in [3.8, 4) is 11.9 Å². The summed E-state index contributed by atoms with van der Waals surface area (Å²) in [5, 5.41) is 13.3. The lowest BCUT2D eigenvalue weighted by Crippen LogP contribution is -2.23. The number of pyridine rings is 1. The van der Waals surface area contributed by atoms with E-state index in [4.69, 9.17) is 16.1 Å². The molecule has 1 rings (SSSR count). The highest BCUT2D eigenvalue weighted by atomic mass is 32.2. The maximum absolute atomic E-state index is 12.1. The van der Waals surface area contributed by atoms with Crippen molar-refractivity contribution in [1.82, 2.24) is 4.98 Å². The van der Waals surface area contributed by atoms with E-state index in [1.165, 1.54) is 6.07 Å². The molecule has 0 radical (unpaired) electrons. The Hall–Kier alpha value is -2.06. The number of nitriles is 1. The number of halogens is 3. The smallest absolute Gasteiger partial charge is 0.386 e. The third kappa shape index (κ3) is 3.22. The summed E-state index contributed by atoms with van der Waals surface area (Å²) in [7, 11) is -4.63. The Morgan fingerprint density at radius 3 is 2.39 bits per heavy atom. The average Bonchev–Trinajstić information content (AvgIpc) is 2.11. The van der Waals surface area contributed by atoms with Crippen LogP contribution in [-0.4, -0.2) is 19.8 Å². The SMILES string of the molecule is N#Cc1cc(N)nc(OC(F)(F)F)c1S(N)(=O)=O. The first-order valence-corrected chi connectivity index (χ1v) is 5.58. The van der Waals surface area contributed by atoms with Crippen LogP contribution >= 0.6 is 0 Å². The Kier molecular flexibility index (Phi) is 3.36. The van der Waals surface area contributed by atoms with E-state index in [1.807, 2.05) is 0 Å². The zero-order valence-electron chi connectivity index (χ0n) is 8.39. The monoisotopic (exact) mass is 282 g/mol. The van der Waals surface area contributed by atoms with Gasteiger partial charge in [0, 0.05) is 0 Å². The summed E-state index contributed by atoms with van der Waals surface area (Å²) in [6.45, 7) is 0. The lowest BCUT2D eigenvalue weighted by molar-refractivity contribution is -0.277. The first-order chi connectivity index (χ1) is 8.04. The van der Waals surface area contributed by atoms with Gasteiger partial charge in [-0.15, -0.1) is 13.2 Å². The maximum Gasteiger partial charge on any atom is 0.574 e. The third-order valence-corrected chi connectivity index (χ3v) is 2.54. The summed E-state index contributed by atoms with van der Waals surface area (Å²) in [5.74, 6) is -1.90. The molecule has 7 nitrogen and oxygen atoms in total. The minimum absolute atomic E-state index is 0.516. The third-order valence-electron chi connectivity index (χ3n) is 1.58. The molecule has 0 aliphatic rings. The fraction of sp³-hybridized carbons (Fsp3) is 0.143. The summed E-state index contributed by atoms with van der Waals surface area (Å²) >= 11 is 0. The molecule has 0 amide bonds. The van der Waals surface area contributed by atoms with Gasteiger partial charge in [0.25, 0.3) is 0 Å². The number of primary sulfonamides is 1. The molecule has 0 spiro atoms. The molecule has 4 N–H and O–H groups in total. The first-order valence-electron chi connectivity index (χ1n) is 4.04. The Morgan fingerprint density at radius 2 is 2.00 bits per heavy atom. The minimum Gasteiger partial charge on any atom is -0.386 e. The van der Waals surface area contributed by atoms with Crippen molar-refractivity contribution in [3.05, 3.63) is 11.6 Å². The van der Waals surface area contributed by atoms with E-state index in [0.29, 0.717) is 0 Å². The summed E-state index contributed by atoms with van der Waals surface area (Å²) in [6, 6.07) is 2.11. The van der Waals surface area contributed by atoms with Crippen LogP contribution in [0, 0.1) is 11.3 Å². The summed E-state index contributed by atoms with van der Waals surface area (Å²) in [4.78, 5) is 1.89. The van der Waals surface area contributed by atoms with E-state index >= 15 is 0 Å². The van der Waals surface area contributed by atoms with Gasteiger partial charge in [-0.25, -0.2) is 13.6 Å². The molecule has 1 aromatic heterocycles. The Bertz CT molecular complexity index is 620. The number of hydrogen-bond acceptors (Lipinski definition) is 6. The van der Waals surface area contributed by atoms with Crippen LogP contribution in [0.2, 0.25) is 0 Å². The molecular weight excluding hydrogens is 277 g/mol. The average molecular weight is 282 g/mol. The molecule has 0 bridgehead atoms. The van der Waals surface area contributed by atoms with E-state index in [-0.39, 0.29) is 0 Å². The molecule has 0 aliphatic heterocycles. The van der Waals surface area contributed by atoms with Gasteiger partial charge in [-0.2, -0.15) is 10.2 Å². The second kappa shape index (κ2) is 4.31. The van der Waals surface area contributed by atoms with Crippen LogP contribution in [0.4, 0.5) is 19.0 Å². The number of nitrogens with two attached hydrogens (primary N) is 2. The van der Waals surface area contributed by atoms with Gasteiger partial charge in [0.15, 0.2) is 4.90 Å². The quantitative estimate of drug-likeness (QED) is 0.789. The number of ether oxygens (including phenoxy) is 1. The molecule has 0 aromatic carbocycles. The molecule has 1 aromatic rings. The van der Waals surface area contributed by atoms with Crippen molar-refractivity contribution in [2.75, 3.05) is 5.73 Å². The Balaban J connectivity index is 3.60. The van der Waals surface area contributed by atoms with Gasteiger partial charge in [0.05, 0.1) is 5.56 Å². The number of nitrogen functional groups attached to an aromatic ring is 1. The number of alkyl halides is 3. The van der Waals surface area contributed by atoms with Crippen molar-refractivity contribution in [1.29, 1.82) is 5.26 Å². The van der Waals surface area contributed by atoms with Crippen LogP contribution < -0.4 is 15.6 Å². The van der Waals surface area contributed by atoms with Crippen LogP contribution in [-0.2, 0) is 10.0 Å².